The number of amides is 1. The Labute approximate surface area is 144 Å². The average molecular weight is 388 g/mol. The van der Waals surface area contributed by atoms with E-state index in [2.05, 4.69) is 26.5 Å². The Balaban J connectivity index is 1.79. The summed E-state index contributed by atoms with van der Waals surface area (Å²) in [6, 6.07) is 5.16. The van der Waals surface area contributed by atoms with Gasteiger partial charge in [-0.05, 0) is 59.8 Å². The molecule has 0 bridgehead atoms. The summed E-state index contributed by atoms with van der Waals surface area (Å²) in [4.78, 5) is 11.8. The number of nitrogens with zero attached hydrogens (tertiary/aromatic N) is 1. The number of ether oxygens (including phenoxy) is 1. The van der Waals surface area contributed by atoms with Gasteiger partial charge in [-0.25, -0.2) is 5.43 Å². The Morgan fingerprint density at radius 3 is 2.59 bits per heavy atom. The molecule has 0 atom stereocenters. The summed E-state index contributed by atoms with van der Waals surface area (Å²) < 4.78 is 6.17. The van der Waals surface area contributed by atoms with Gasteiger partial charge in [-0.2, -0.15) is 5.10 Å². The molecule has 0 saturated heterocycles. The van der Waals surface area contributed by atoms with Gasteiger partial charge in [-0.15, -0.1) is 0 Å². The Bertz CT molecular complexity index is 539. The normalized spacial score (nSPS) is 15.6. The lowest BCUT2D eigenvalue weighted by Crippen LogP contribution is -2.26. The lowest BCUT2D eigenvalue weighted by Gasteiger charge is -2.11. The average Bonchev–Trinajstić information content (AvgIpc) is 2.45. The van der Waals surface area contributed by atoms with E-state index in [0.717, 1.165) is 35.9 Å². The van der Waals surface area contributed by atoms with Gasteiger partial charge in [0.15, 0.2) is 6.61 Å². The fourth-order valence-electron chi connectivity index (χ4n) is 2.33. The molecule has 2 rings (SSSR count). The summed E-state index contributed by atoms with van der Waals surface area (Å²) in [6.45, 7) is -0.0724. The maximum atomic E-state index is 11.8. The van der Waals surface area contributed by atoms with Gasteiger partial charge in [0.2, 0.25) is 0 Å². The number of nitrogens with one attached hydrogen (secondary N) is 1. The van der Waals surface area contributed by atoms with Crippen LogP contribution in [0.1, 0.15) is 44.9 Å². The second-order valence-electron chi connectivity index (χ2n) is 5.34. The molecular weight excluding hydrogens is 368 g/mol. The molecular formula is C16H20BrClN2O2. The Morgan fingerprint density at radius 2 is 1.91 bits per heavy atom. The van der Waals surface area contributed by atoms with Crippen LogP contribution in [0, 0.1) is 0 Å². The SMILES string of the molecule is O=C(COc1ccc(Cl)cc1Br)NN=C1CCCCCCC1. The van der Waals surface area contributed by atoms with E-state index in [9.17, 15) is 4.79 Å². The van der Waals surface area contributed by atoms with Gasteiger partial charge in [0.05, 0.1) is 4.47 Å². The van der Waals surface area contributed by atoms with Gasteiger partial charge >= 0.3 is 0 Å². The van der Waals surface area contributed by atoms with E-state index in [1.165, 1.54) is 19.3 Å². The van der Waals surface area contributed by atoms with Crippen molar-refractivity contribution in [2.24, 2.45) is 5.10 Å². The van der Waals surface area contributed by atoms with Crippen LogP contribution < -0.4 is 10.2 Å². The van der Waals surface area contributed by atoms with Crippen molar-refractivity contribution >= 4 is 39.1 Å². The lowest BCUT2D eigenvalue weighted by molar-refractivity contribution is -0.123. The minimum absolute atomic E-state index is 0.0724. The number of carbonyl (C=O) groups is 1. The quantitative estimate of drug-likeness (QED) is 0.761. The molecule has 1 amide bonds. The first kappa shape index (κ1) is 17.3. The predicted octanol–water partition coefficient (Wildman–Crippen LogP) is 4.70. The predicted molar refractivity (Wildman–Crippen MR) is 92.5 cm³/mol. The number of halogens is 2. The van der Waals surface area contributed by atoms with Crippen LogP contribution in [-0.4, -0.2) is 18.2 Å². The third-order valence-corrected chi connectivity index (χ3v) is 4.38. The molecule has 120 valence electrons. The van der Waals surface area contributed by atoms with Crippen LogP contribution in [0.3, 0.4) is 0 Å². The Kier molecular flexibility index (Phi) is 7.19. The van der Waals surface area contributed by atoms with Gasteiger partial charge in [0.25, 0.3) is 5.91 Å². The van der Waals surface area contributed by atoms with Gasteiger partial charge in [0, 0.05) is 10.7 Å². The molecule has 1 N–H and O–H groups in total. The summed E-state index contributed by atoms with van der Waals surface area (Å²) in [6.07, 6.45) is 8.07. The number of hydrazone groups is 1. The van der Waals surface area contributed by atoms with Crippen molar-refractivity contribution in [2.45, 2.75) is 44.9 Å². The maximum absolute atomic E-state index is 11.8. The zero-order valence-corrected chi connectivity index (χ0v) is 14.8. The van der Waals surface area contributed by atoms with Crippen molar-refractivity contribution in [3.05, 3.63) is 27.7 Å². The van der Waals surface area contributed by atoms with Crippen molar-refractivity contribution in [2.75, 3.05) is 6.61 Å². The fraction of sp³-hybridized carbons (Fsp3) is 0.500. The van der Waals surface area contributed by atoms with Crippen LogP contribution >= 0.6 is 27.5 Å². The molecule has 0 unspecified atom stereocenters. The van der Waals surface area contributed by atoms with E-state index < -0.39 is 0 Å². The van der Waals surface area contributed by atoms with Gasteiger partial charge in [0.1, 0.15) is 5.75 Å². The number of rotatable bonds is 4. The number of hydrogen-bond donors (Lipinski definition) is 1. The van der Waals surface area contributed by atoms with Gasteiger partial charge in [-0.1, -0.05) is 30.9 Å². The van der Waals surface area contributed by atoms with Crippen molar-refractivity contribution < 1.29 is 9.53 Å². The Morgan fingerprint density at radius 1 is 1.23 bits per heavy atom. The summed E-state index contributed by atoms with van der Waals surface area (Å²) >= 11 is 9.20. The molecule has 6 heteroatoms. The summed E-state index contributed by atoms with van der Waals surface area (Å²) in [7, 11) is 0. The fourth-order valence-corrected chi connectivity index (χ4v) is 3.13. The summed E-state index contributed by atoms with van der Waals surface area (Å²) in [5, 5.41) is 4.85. The van der Waals surface area contributed by atoms with Crippen LogP contribution in [0.15, 0.2) is 27.8 Å². The smallest absolute Gasteiger partial charge is 0.277 e. The molecule has 0 spiro atoms. The van der Waals surface area contributed by atoms with Crippen LogP contribution in [0.2, 0.25) is 5.02 Å². The third kappa shape index (κ3) is 5.97. The summed E-state index contributed by atoms with van der Waals surface area (Å²) in [5.74, 6) is 0.328. The minimum atomic E-state index is -0.253. The molecule has 1 aromatic rings. The standard InChI is InChI=1S/C16H20BrClN2O2/c17-14-10-12(18)8-9-15(14)22-11-16(21)20-19-13-6-4-2-1-3-5-7-13/h8-10H,1-7,11H2,(H,20,21). The van der Waals surface area contributed by atoms with Crippen LogP contribution in [-0.2, 0) is 4.79 Å². The first-order chi connectivity index (χ1) is 10.6. The molecule has 1 saturated carbocycles. The van der Waals surface area contributed by atoms with Crippen molar-refractivity contribution in [1.82, 2.24) is 5.43 Å². The monoisotopic (exact) mass is 386 g/mol. The first-order valence-corrected chi connectivity index (χ1v) is 8.74. The highest BCUT2D eigenvalue weighted by atomic mass is 79.9. The van der Waals surface area contributed by atoms with E-state index in [1.807, 2.05) is 0 Å². The van der Waals surface area contributed by atoms with Crippen LogP contribution in [0.25, 0.3) is 0 Å². The second kappa shape index (κ2) is 9.16. The van der Waals surface area contributed by atoms with E-state index in [0.29, 0.717) is 10.8 Å². The summed E-state index contributed by atoms with van der Waals surface area (Å²) in [5.41, 5.74) is 3.67. The molecule has 1 aromatic carbocycles. The van der Waals surface area contributed by atoms with Crippen molar-refractivity contribution in [1.29, 1.82) is 0 Å². The zero-order valence-electron chi connectivity index (χ0n) is 12.4. The Hall–Kier alpha value is -1.07. The molecule has 1 aliphatic rings. The molecule has 0 aliphatic heterocycles. The highest BCUT2D eigenvalue weighted by molar-refractivity contribution is 9.10. The highest BCUT2D eigenvalue weighted by Gasteiger charge is 2.08. The van der Waals surface area contributed by atoms with Gasteiger partial charge < -0.3 is 4.74 Å². The highest BCUT2D eigenvalue weighted by Crippen LogP contribution is 2.27. The maximum Gasteiger partial charge on any atom is 0.277 e. The first-order valence-electron chi connectivity index (χ1n) is 7.57. The minimum Gasteiger partial charge on any atom is -0.483 e. The zero-order chi connectivity index (χ0) is 15.8. The second-order valence-corrected chi connectivity index (χ2v) is 6.63. The number of hydrogen-bond acceptors (Lipinski definition) is 3. The molecule has 4 nitrogen and oxygen atoms in total. The van der Waals surface area contributed by atoms with Crippen LogP contribution in [0.5, 0.6) is 5.75 Å². The molecule has 1 fully saturated rings. The van der Waals surface area contributed by atoms with Crippen LogP contribution in [0.4, 0.5) is 0 Å². The molecule has 22 heavy (non-hydrogen) atoms. The van der Waals surface area contributed by atoms with E-state index in [-0.39, 0.29) is 12.5 Å². The topological polar surface area (TPSA) is 50.7 Å². The van der Waals surface area contributed by atoms with E-state index in [4.69, 9.17) is 16.3 Å². The number of benzene rings is 1. The van der Waals surface area contributed by atoms with E-state index >= 15 is 0 Å². The van der Waals surface area contributed by atoms with E-state index in [1.54, 1.807) is 18.2 Å². The molecule has 0 radical (unpaired) electrons. The number of carbonyl (C=O) groups excluding carboxylic acids is 1. The lowest BCUT2D eigenvalue weighted by atomic mass is 9.99. The molecule has 1 aliphatic carbocycles. The van der Waals surface area contributed by atoms with Gasteiger partial charge in [-0.3, -0.25) is 4.79 Å². The van der Waals surface area contributed by atoms with Crippen molar-refractivity contribution in [3.8, 4) is 5.75 Å². The molecule has 0 aromatic heterocycles. The largest absolute Gasteiger partial charge is 0.483 e. The third-order valence-electron chi connectivity index (χ3n) is 3.52. The molecule has 0 heterocycles. The van der Waals surface area contributed by atoms with Crippen molar-refractivity contribution in [3.63, 3.8) is 0 Å².